The molecule has 19 heavy (non-hydrogen) atoms. The third-order valence-corrected chi connectivity index (χ3v) is 3.62. The van der Waals surface area contributed by atoms with Gasteiger partial charge in [-0.05, 0) is 38.6 Å². The van der Waals surface area contributed by atoms with Crippen LogP contribution in [0.1, 0.15) is 26.7 Å². The van der Waals surface area contributed by atoms with Crippen LogP contribution in [0.3, 0.4) is 0 Å². The first-order valence-electron chi connectivity index (χ1n) is 6.52. The Morgan fingerprint density at radius 2 is 2.05 bits per heavy atom. The van der Waals surface area contributed by atoms with Crippen molar-refractivity contribution in [2.75, 3.05) is 26.0 Å². The van der Waals surface area contributed by atoms with Gasteiger partial charge in [0, 0.05) is 13.0 Å². The van der Waals surface area contributed by atoms with E-state index in [0.717, 1.165) is 19.2 Å². The Hall–Kier alpha value is -0.660. The lowest BCUT2D eigenvalue weighted by atomic mass is 9.84. The van der Waals surface area contributed by atoms with Crippen molar-refractivity contribution >= 4 is 16.1 Å². The van der Waals surface area contributed by atoms with Gasteiger partial charge in [-0.25, -0.2) is 0 Å². The van der Waals surface area contributed by atoms with Crippen molar-refractivity contribution in [3.63, 3.8) is 0 Å². The Labute approximate surface area is 115 Å². The van der Waals surface area contributed by atoms with Crippen molar-refractivity contribution in [3.8, 4) is 0 Å². The maximum atomic E-state index is 11.7. The van der Waals surface area contributed by atoms with Crippen LogP contribution >= 0.6 is 0 Å². The number of nitrogens with one attached hydrogen (secondary N) is 1. The average Bonchev–Trinajstić information content (AvgIpc) is 2.25. The highest BCUT2D eigenvalue weighted by Crippen LogP contribution is 2.24. The van der Waals surface area contributed by atoms with Crippen molar-refractivity contribution < 1.29 is 22.1 Å². The summed E-state index contributed by atoms with van der Waals surface area (Å²) in [5.41, 5.74) is 0. The molecular weight excluding hydrogens is 270 g/mol. The summed E-state index contributed by atoms with van der Waals surface area (Å²) in [6.45, 7) is 5.23. The molecule has 1 rings (SSSR count). The van der Waals surface area contributed by atoms with Crippen molar-refractivity contribution in [2.45, 2.75) is 32.8 Å². The first kappa shape index (κ1) is 16.4. The predicted molar refractivity (Wildman–Crippen MR) is 71.1 cm³/mol. The summed E-state index contributed by atoms with van der Waals surface area (Å²) in [5.74, 6) is -0.108. The van der Waals surface area contributed by atoms with Crippen LogP contribution < -0.4 is 5.32 Å². The molecule has 1 unspecified atom stereocenters. The molecule has 7 heteroatoms. The van der Waals surface area contributed by atoms with E-state index in [1.165, 1.54) is 0 Å². The van der Waals surface area contributed by atoms with Crippen molar-refractivity contribution in [1.82, 2.24) is 5.32 Å². The summed E-state index contributed by atoms with van der Waals surface area (Å²) in [5, 5.41) is 3.19. The molecule has 0 bridgehead atoms. The fraction of sp³-hybridized carbons (Fsp3) is 0.917. The van der Waals surface area contributed by atoms with Crippen LogP contribution in [0, 0.1) is 11.8 Å². The van der Waals surface area contributed by atoms with E-state index >= 15 is 0 Å². The number of esters is 1. The zero-order valence-electron chi connectivity index (χ0n) is 11.7. The van der Waals surface area contributed by atoms with E-state index in [0.29, 0.717) is 13.0 Å². The highest BCUT2D eigenvalue weighted by molar-refractivity contribution is 7.85. The molecule has 6 nitrogen and oxygen atoms in total. The number of hydrogen-bond donors (Lipinski definition) is 1. The van der Waals surface area contributed by atoms with Crippen molar-refractivity contribution in [3.05, 3.63) is 0 Å². The zero-order valence-corrected chi connectivity index (χ0v) is 12.5. The van der Waals surface area contributed by atoms with Gasteiger partial charge < -0.3 is 10.1 Å². The molecule has 0 aromatic rings. The van der Waals surface area contributed by atoms with Gasteiger partial charge in [-0.1, -0.05) is 0 Å². The monoisotopic (exact) mass is 293 g/mol. The predicted octanol–water partition coefficient (Wildman–Crippen LogP) is 0.530. The highest BCUT2D eigenvalue weighted by atomic mass is 32.2. The molecule has 0 aromatic carbocycles. The third-order valence-electron chi connectivity index (χ3n) is 3.06. The summed E-state index contributed by atoms with van der Waals surface area (Å²) in [7, 11) is -3.44. The zero-order chi connectivity index (χ0) is 14.5. The number of rotatable bonds is 6. The minimum absolute atomic E-state index is 0.0168. The molecule has 1 aliphatic heterocycles. The van der Waals surface area contributed by atoms with Crippen LogP contribution in [0.25, 0.3) is 0 Å². The SMILES string of the molecule is CC(C)OC(=O)C[C@@H]1CCNCC1COS(C)(=O)=O. The minimum Gasteiger partial charge on any atom is -0.463 e. The third kappa shape index (κ3) is 6.89. The lowest BCUT2D eigenvalue weighted by Gasteiger charge is -2.31. The van der Waals surface area contributed by atoms with Gasteiger partial charge in [0.15, 0.2) is 0 Å². The van der Waals surface area contributed by atoms with Crippen LogP contribution in [-0.2, 0) is 23.8 Å². The van der Waals surface area contributed by atoms with Gasteiger partial charge in [-0.2, -0.15) is 8.42 Å². The standard InChI is InChI=1S/C12H23NO5S/c1-9(2)18-12(14)6-10-4-5-13-7-11(10)8-17-19(3,15)16/h9-11,13H,4-8H2,1-3H3/t10-,11?/m0/s1. The second kappa shape index (κ2) is 7.21. The van der Waals surface area contributed by atoms with E-state index in [4.69, 9.17) is 8.92 Å². The molecule has 1 saturated heterocycles. The second-order valence-electron chi connectivity index (χ2n) is 5.24. The summed E-state index contributed by atoms with van der Waals surface area (Å²) >= 11 is 0. The van der Waals surface area contributed by atoms with E-state index in [1.807, 2.05) is 13.8 Å². The van der Waals surface area contributed by atoms with Crippen molar-refractivity contribution in [2.24, 2.45) is 11.8 Å². The average molecular weight is 293 g/mol. The number of ether oxygens (including phenoxy) is 1. The largest absolute Gasteiger partial charge is 0.463 e. The normalized spacial score (nSPS) is 24.4. The van der Waals surface area contributed by atoms with Gasteiger partial charge in [-0.15, -0.1) is 0 Å². The fourth-order valence-electron chi connectivity index (χ4n) is 2.18. The van der Waals surface area contributed by atoms with Gasteiger partial charge in [0.05, 0.1) is 19.0 Å². The van der Waals surface area contributed by atoms with Gasteiger partial charge in [0.25, 0.3) is 10.1 Å². The molecule has 1 fully saturated rings. The molecule has 0 aliphatic carbocycles. The lowest BCUT2D eigenvalue weighted by Crippen LogP contribution is -2.40. The molecule has 0 spiro atoms. The van der Waals surface area contributed by atoms with E-state index < -0.39 is 10.1 Å². The number of piperidine rings is 1. The first-order chi connectivity index (χ1) is 8.78. The summed E-state index contributed by atoms with van der Waals surface area (Å²) < 4.78 is 32.0. The molecule has 0 amide bonds. The Morgan fingerprint density at radius 1 is 1.37 bits per heavy atom. The summed E-state index contributed by atoms with van der Waals surface area (Å²) in [6.07, 6.45) is 2.05. The van der Waals surface area contributed by atoms with Gasteiger partial charge >= 0.3 is 5.97 Å². The second-order valence-corrected chi connectivity index (χ2v) is 6.89. The quantitative estimate of drug-likeness (QED) is 0.568. The first-order valence-corrected chi connectivity index (χ1v) is 8.34. The van der Waals surface area contributed by atoms with Crippen LogP contribution in [0.15, 0.2) is 0 Å². The van der Waals surface area contributed by atoms with Crippen LogP contribution in [0.2, 0.25) is 0 Å². The van der Waals surface area contributed by atoms with Gasteiger partial charge in [0.2, 0.25) is 0 Å². The Morgan fingerprint density at radius 3 is 2.63 bits per heavy atom. The van der Waals surface area contributed by atoms with Crippen molar-refractivity contribution in [1.29, 1.82) is 0 Å². The van der Waals surface area contributed by atoms with Crippen LogP contribution in [-0.4, -0.2) is 46.4 Å². The molecule has 1 heterocycles. The molecule has 1 aliphatic rings. The molecule has 112 valence electrons. The molecule has 2 atom stereocenters. The maximum Gasteiger partial charge on any atom is 0.306 e. The minimum atomic E-state index is -3.44. The van der Waals surface area contributed by atoms with E-state index in [1.54, 1.807) is 0 Å². The molecule has 0 aromatic heterocycles. The van der Waals surface area contributed by atoms with E-state index in [-0.39, 0.29) is 30.5 Å². The van der Waals surface area contributed by atoms with Crippen LogP contribution in [0.4, 0.5) is 0 Å². The molecular formula is C12H23NO5S. The number of carbonyl (C=O) groups excluding carboxylic acids is 1. The van der Waals surface area contributed by atoms with E-state index in [2.05, 4.69) is 5.32 Å². The molecule has 0 radical (unpaired) electrons. The number of carbonyl (C=O) groups is 1. The molecule has 1 N–H and O–H groups in total. The number of hydrogen-bond acceptors (Lipinski definition) is 6. The van der Waals surface area contributed by atoms with Crippen LogP contribution in [0.5, 0.6) is 0 Å². The van der Waals surface area contributed by atoms with Gasteiger partial charge in [0.1, 0.15) is 0 Å². The fourth-order valence-corrected chi connectivity index (χ4v) is 2.60. The summed E-state index contributed by atoms with van der Waals surface area (Å²) in [6, 6.07) is 0. The smallest absolute Gasteiger partial charge is 0.306 e. The van der Waals surface area contributed by atoms with Gasteiger partial charge in [-0.3, -0.25) is 8.98 Å². The Balaban J connectivity index is 2.50. The highest BCUT2D eigenvalue weighted by Gasteiger charge is 2.28. The maximum absolute atomic E-state index is 11.7. The topological polar surface area (TPSA) is 81.7 Å². The Bertz CT molecular complexity index is 393. The summed E-state index contributed by atoms with van der Waals surface area (Å²) in [4.78, 5) is 11.7. The molecule has 0 saturated carbocycles. The lowest BCUT2D eigenvalue weighted by molar-refractivity contribution is -0.149. The Kier molecular flexibility index (Phi) is 6.22. The van der Waals surface area contributed by atoms with E-state index in [9.17, 15) is 13.2 Å².